The molecule has 0 N–H and O–H groups in total. The van der Waals surface area contributed by atoms with Gasteiger partial charge in [0.05, 0.1) is 14.2 Å². The van der Waals surface area contributed by atoms with Crippen molar-refractivity contribution in [2.75, 3.05) is 14.2 Å². The Morgan fingerprint density at radius 2 is 2.00 bits per heavy atom. The van der Waals surface area contributed by atoms with E-state index >= 15 is 0 Å². The Labute approximate surface area is 98.2 Å². The Kier molecular flexibility index (Phi) is 2.97. The zero-order valence-electron chi connectivity index (χ0n) is 9.43. The fourth-order valence-corrected chi connectivity index (χ4v) is 1.43. The first-order valence-electron chi connectivity index (χ1n) is 4.86. The van der Waals surface area contributed by atoms with Gasteiger partial charge in [-0.25, -0.2) is 0 Å². The fraction of sp³-hybridized carbons (Fsp3) is 0.167. The molecule has 1 aromatic carbocycles. The summed E-state index contributed by atoms with van der Waals surface area (Å²) in [6.45, 7) is 0. The topological polar surface area (TPSA) is 68.3 Å². The number of benzene rings is 1. The van der Waals surface area contributed by atoms with Crippen LogP contribution >= 0.6 is 0 Å². The first-order valence-corrected chi connectivity index (χ1v) is 4.86. The molecular weight excluding hydrogens is 220 g/mol. The predicted octanol–water partition coefficient (Wildman–Crippen LogP) is 2.23. The Morgan fingerprint density at radius 3 is 2.59 bits per heavy atom. The number of hydrogen-bond acceptors (Lipinski definition) is 5. The van der Waals surface area contributed by atoms with E-state index in [2.05, 4.69) is 4.98 Å². The molecule has 5 nitrogen and oxygen atoms in total. The van der Waals surface area contributed by atoms with Crippen molar-refractivity contribution in [3.8, 4) is 29.0 Å². The Hall–Kier alpha value is -2.48. The zero-order valence-corrected chi connectivity index (χ0v) is 9.43. The second kappa shape index (κ2) is 4.58. The molecule has 0 aliphatic rings. The van der Waals surface area contributed by atoms with E-state index in [1.165, 1.54) is 6.26 Å². The van der Waals surface area contributed by atoms with Crippen molar-refractivity contribution in [1.82, 2.24) is 4.98 Å². The van der Waals surface area contributed by atoms with Gasteiger partial charge in [0.25, 0.3) is 0 Å². The van der Waals surface area contributed by atoms with Crippen LogP contribution in [-0.4, -0.2) is 19.2 Å². The second-order valence-electron chi connectivity index (χ2n) is 3.22. The molecule has 2 rings (SSSR count). The van der Waals surface area contributed by atoms with Crippen LogP contribution in [0.1, 0.15) is 5.69 Å². The van der Waals surface area contributed by atoms with Crippen LogP contribution in [0.4, 0.5) is 0 Å². The summed E-state index contributed by atoms with van der Waals surface area (Å²) < 4.78 is 15.5. The van der Waals surface area contributed by atoms with Crippen molar-refractivity contribution in [2.24, 2.45) is 0 Å². The molecule has 2 aromatic rings. The van der Waals surface area contributed by atoms with Crippen LogP contribution in [0.15, 0.2) is 28.9 Å². The molecule has 0 saturated carbocycles. The lowest BCUT2D eigenvalue weighted by atomic mass is 10.2. The maximum atomic E-state index is 8.66. The van der Waals surface area contributed by atoms with Gasteiger partial charge >= 0.3 is 0 Å². The Morgan fingerprint density at radius 1 is 1.24 bits per heavy atom. The molecule has 86 valence electrons. The van der Waals surface area contributed by atoms with Crippen molar-refractivity contribution in [3.05, 3.63) is 30.2 Å². The summed E-state index contributed by atoms with van der Waals surface area (Å²) in [5.74, 6) is 1.59. The third-order valence-corrected chi connectivity index (χ3v) is 2.25. The number of nitrogens with zero attached hydrogens (tertiary/aromatic N) is 2. The van der Waals surface area contributed by atoms with E-state index in [0.717, 1.165) is 5.56 Å². The molecule has 17 heavy (non-hydrogen) atoms. The van der Waals surface area contributed by atoms with Crippen molar-refractivity contribution < 1.29 is 13.9 Å². The van der Waals surface area contributed by atoms with Gasteiger partial charge in [-0.15, -0.1) is 0 Å². The monoisotopic (exact) mass is 230 g/mol. The van der Waals surface area contributed by atoms with Crippen molar-refractivity contribution >= 4 is 0 Å². The number of aromatic nitrogens is 1. The predicted molar refractivity (Wildman–Crippen MR) is 59.8 cm³/mol. The minimum absolute atomic E-state index is 0.245. The molecule has 0 saturated heterocycles. The molecule has 0 aliphatic carbocycles. The molecule has 0 unspecified atom stereocenters. The summed E-state index contributed by atoms with van der Waals surface area (Å²) in [7, 11) is 3.12. The summed E-state index contributed by atoms with van der Waals surface area (Å²) in [4.78, 5) is 4.01. The zero-order chi connectivity index (χ0) is 12.3. The van der Waals surface area contributed by atoms with Gasteiger partial charge in [-0.05, 0) is 18.2 Å². The van der Waals surface area contributed by atoms with Gasteiger partial charge in [0, 0.05) is 5.56 Å². The van der Waals surface area contributed by atoms with E-state index in [9.17, 15) is 0 Å². The first kappa shape index (κ1) is 11.0. The summed E-state index contributed by atoms with van der Waals surface area (Å²) >= 11 is 0. The highest BCUT2D eigenvalue weighted by Crippen LogP contribution is 2.31. The van der Waals surface area contributed by atoms with Crippen LogP contribution in [0.25, 0.3) is 11.5 Å². The Bertz CT molecular complexity index is 569. The minimum atomic E-state index is 0.245. The van der Waals surface area contributed by atoms with Crippen LogP contribution < -0.4 is 9.47 Å². The van der Waals surface area contributed by atoms with Crippen LogP contribution in [0.3, 0.4) is 0 Å². The maximum absolute atomic E-state index is 8.66. The lowest BCUT2D eigenvalue weighted by Gasteiger charge is -2.07. The first-order chi connectivity index (χ1) is 8.28. The number of nitriles is 1. The number of rotatable bonds is 3. The van der Waals surface area contributed by atoms with Gasteiger partial charge < -0.3 is 13.9 Å². The SMILES string of the molecule is COc1ccc(-c2nc(C#N)co2)cc1OC. The van der Waals surface area contributed by atoms with E-state index in [1.807, 2.05) is 6.07 Å². The molecule has 0 amide bonds. The van der Waals surface area contributed by atoms with E-state index < -0.39 is 0 Å². The molecule has 1 heterocycles. The highest BCUT2D eigenvalue weighted by atomic mass is 16.5. The molecule has 0 aliphatic heterocycles. The van der Waals surface area contributed by atoms with E-state index in [4.69, 9.17) is 19.2 Å². The highest BCUT2D eigenvalue weighted by Gasteiger charge is 2.10. The van der Waals surface area contributed by atoms with Crippen molar-refractivity contribution in [3.63, 3.8) is 0 Å². The number of hydrogen-bond donors (Lipinski definition) is 0. The Balaban J connectivity index is 2.43. The molecular formula is C12H10N2O3. The normalized spacial score (nSPS) is 9.71. The van der Waals surface area contributed by atoms with E-state index in [1.54, 1.807) is 32.4 Å². The van der Waals surface area contributed by atoms with Gasteiger partial charge in [0.1, 0.15) is 12.3 Å². The molecule has 0 bridgehead atoms. The van der Waals surface area contributed by atoms with Gasteiger partial charge in [-0.1, -0.05) is 0 Å². The fourth-order valence-electron chi connectivity index (χ4n) is 1.43. The van der Waals surface area contributed by atoms with Gasteiger partial charge in [0.2, 0.25) is 5.89 Å². The number of methoxy groups -OCH3 is 2. The molecule has 1 aromatic heterocycles. The molecule has 0 radical (unpaired) electrons. The van der Waals surface area contributed by atoms with Crippen LogP contribution in [0.2, 0.25) is 0 Å². The lowest BCUT2D eigenvalue weighted by molar-refractivity contribution is 0.355. The maximum Gasteiger partial charge on any atom is 0.227 e. The molecule has 5 heteroatoms. The van der Waals surface area contributed by atoms with Crippen LogP contribution in [0, 0.1) is 11.3 Å². The van der Waals surface area contributed by atoms with Crippen molar-refractivity contribution in [2.45, 2.75) is 0 Å². The quantitative estimate of drug-likeness (QED) is 0.808. The average molecular weight is 230 g/mol. The lowest BCUT2D eigenvalue weighted by Crippen LogP contribution is -1.90. The van der Waals surface area contributed by atoms with E-state index in [0.29, 0.717) is 17.4 Å². The summed E-state index contributed by atoms with van der Waals surface area (Å²) in [6.07, 6.45) is 1.31. The van der Waals surface area contributed by atoms with Crippen LogP contribution in [0.5, 0.6) is 11.5 Å². The third kappa shape index (κ3) is 2.06. The van der Waals surface area contributed by atoms with E-state index in [-0.39, 0.29) is 5.69 Å². The summed E-state index contributed by atoms with van der Waals surface area (Å²) in [5, 5.41) is 8.66. The molecule has 0 atom stereocenters. The minimum Gasteiger partial charge on any atom is -0.493 e. The molecule has 0 fully saturated rings. The van der Waals surface area contributed by atoms with Gasteiger partial charge in [-0.2, -0.15) is 10.2 Å². The van der Waals surface area contributed by atoms with Crippen LogP contribution in [-0.2, 0) is 0 Å². The van der Waals surface area contributed by atoms with Gasteiger partial charge in [-0.3, -0.25) is 0 Å². The molecule has 0 spiro atoms. The average Bonchev–Trinajstić information content (AvgIpc) is 2.86. The second-order valence-corrected chi connectivity index (χ2v) is 3.22. The number of ether oxygens (including phenoxy) is 2. The summed E-state index contributed by atoms with van der Waals surface area (Å²) in [6, 6.07) is 7.19. The number of oxazole rings is 1. The standard InChI is InChI=1S/C12H10N2O3/c1-15-10-4-3-8(5-11(10)16-2)12-14-9(6-13)7-17-12/h3-5,7H,1-2H3. The highest BCUT2D eigenvalue weighted by molar-refractivity contribution is 5.60. The largest absolute Gasteiger partial charge is 0.493 e. The smallest absolute Gasteiger partial charge is 0.227 e. The van der Waals surface area contributed by atoms with Gasteiger partial charge in [0.15, 0.2) is 17.2 Å². The third-order valence-electron chi connectivity index (χ3n) is 2.25. The van der Waals surface area contributed by atoms with Crippen molar-refractivity contribution in [1.29, 1.82) is 5.26 Å². The summed E-state index contributed by atoms with van der Waals surface area (Å²) in [5.41, 5.74) is 0.971.